The first-order valence-corrected chi connectivity index (χ1v) is 5.36. The van der Waals surface area contributed by atoms with E-state index in [4.69, 9.17) is 10.2 Å². The second-order valence-corrected chi connectivity index (χ2v) is 4.07. The van der Waals surface area contributed by atoms with E-state index in [-0.39, 0.29) is 17.8 Å². The van der Waals surface area contributed by atoms with Gasteiger partial charge < -0.3 is 10.2 Å². The first-order chi connectivity index (χ1) is 7.61. The van der Waals surface area contributed by atoms with E-state index < -0.39 is 0 Å². The molecule has 0 saturated carbocycles. The van der Waals surface area contributed by atoms with Crippen LogP contribution in [-0.2, 0) is 6.42 Å². The van der Waals surface area contributed by atoms with E-state index in [0.29, 0.717) is 29.7 Å². The summed E-state index contributed by atoms with van der Waals surface area (Å²) in [5.41, 5.74) is 8.19. The van der Waals surface area contributed by atoms with Crippen LogP contribution in [0.5, 0.6) is 0 Å². The molecular formula is C13H16ClNO2. The molecule has 0 amide bonds. The van der Waals surface area contributed by atoms with Crippen molar-refractivity contribution in [3.8, 4) is 0 Å². The lowest BCUT2D eigenvalue weighted by Crippen LogP contribution is -2.08. The summed E-state index contributed by atoms with van der Waals surface area (Å²) in [7, 11) is 0. The Bertz CT molecular complexity index is 590. The monoisotopic (exact) mass is 253 g/mol. The van der Waals surface area contributed by atoms with Crippen molar-refractivity contribution in [3.63, 3.8) is 0 Å². The zero-order valence-electron chi connectivity index (χ0n) is 9.95. The maximum absolute atomic E-state index is 11.9. The summed E-state index contributed by atoms with van der Waals surface area (Å²) in [6.45, 7) is 4.40. The second-order valence-electron chi connectivity index (χ2n) is 4.07. The lowest BCUT2D eigenvalue weighted by molar-refractivity contribution is 0.536. The molecule has 0 aliphatic rings. The van der Waals surface area contributed by atoms with Gasteiger partial charge in [0.25, 0.3) is 0 Å². The average Bonchev–Trinajstić information content (AvgIpc) is 2.15. The van der Waals surface area contributed by atoms with Gasteiger partial charge in [-0.1, -0.05) is 6.07 Å². The average molecular weight is 254 g/mol. The molecule has 0 atom stereocenters. The highest BCUT2D eigenvalue weighted by Gasteiger charge is 2.07. The molecule has 4 heteroatoms. The molecule has 0 bridgehead atoms. The SMILES string of the molecule is Cc1cc(C)c2c(=O)cc(CCN)oc2c1.Cl. The van der Waals surface area contributed by atoms with Crippen LogP contribution in [0.2, 0.25) is 0 Å². The Morgan fingerprint density at radius 2 is 1.94 bits per heavy atom. The van der Waals surface area contributed by atoms with Crippen LogP contribution in [0.15, 0.2) is 27.4 Å². The minimum atomic E-state index is 0. The third-order valence-electron chi connectivity index (χ3n) is 2.61. The molecule has 0 fully saturated rings. The number of hydrogen-bond acceptors (Lipinski definition) is 3. The van der Waals surface area contributed by atoms with Crippen LogP contribution in [0.1, 0.15) is 16.9 Å². The van der Waals surface area contributed by atoms with Gasteiger partial charge in [-0.2, -0.15) is 0 Å². The van der Waals surface area contributed by atoms with Crippen LogP contribution in [-0.4, -0.2) is 6.54 Å². The number of hydrogen-bond donors (Lipinski definition) is 1. The third-order valence-corrected chi connectivity index (χ3v) is 2.61. The predicted molar refractivity (Wildman–Crippen MR) is 72.0 cm³/mol. The summed E-state index contributed by atoms with van der Waals surface area (Å²) in [6, 6.07) is 5.42. The molecule has 0 radical (unpaired) electrons. The van der Waals surface area contributed by atoms with Crippen molar-refractivity contribution < 1.29 is 4.42 Å². The quantitative estimate of drug-likeness (QED) is 0.894. The van der Waals surface area contributed by atoms with Crippen LogP contribution in [0, 0.1) is 13.8 Å². The molecule has 0 unspecified atom stereocenters. The van der Waals surface area contributed by atoms with Crippen molar-refractivity contribution in [2.24, 2.45) is 5.73 Å². The molecule has 2 N–H and O–H groups in total. The predicted octanol–water partition coefficient (Wildman–Crippen LogP) is 2.33. The lowest BCUT2D eigenvalue weighted by atomic mass is 10.1. The highest BCUT2D eigenvalue weighted by Crippen LogP contribution is 2.18. The highest BCUT2D eigenvalue weighted by molar-refractivity contribution is 5.85. The van der Waals surface area contributed by atoms with Crippen LogP contribution in [0.25, 0.3) is 11.0 Å². The fourth-order valence-electron chi connectivity index (χ4n) is 1.98. The normalized spacial score (nSPS) is 10.3. The van der Waals surface area contributed by atoms with Crippen molar-refractivity contribution >= 4 is 23.4 Å². The van der Waals surface area contributed by atoms with Gasteiger partial charge in [0, 0.05) is 12.5 Å². The number of fused-ring (bicyclic) bond motifs is 1. The number of rotatable bonds is 2. The Labute approximate surface area is 106 Å². The molecule has 1 aromatic heterocycles. The van der Waals surface area contributed by atoms with Crippen molar-refractivity contribution in [2.75, 3.05) is 6.54 Å². The highest BCUT2D eigenvalue weighted by atomic mass is 35.5. The zero-order valence-corrected chi connectivity index (χ0v) is 10.8. The summed E-state index contributed by atoms with van der Waals surface area (Å²) in [5.74, 6) is 0.657. The smallest absolute Gasteiger partial charge is 0.193 e. The Morgan fingerprint density at radius 3 is 2.59 bits per heavy atom. The number of aryl methyl sites for hydroxylation is 2. The van der Waals surface area contributed by atoms with Crippen molar-refractivity contribution in [1.29, 1.82) is 0 Å². The van der Waals surface area contributed by atoms with E-state index in [2.05, 4.69) is 0 Å². The molecule has 0 aliphatic heterocycles. The summed E-state index contributed by atoms with van der Waals surface area (Å²) in [6.07, 6.45) is 0.595. The Morgan fingerprint density at radius 1 is 1.24 bits per heavy atom. The fraction of sp³-hybridized carbons (Fsp3) is 0.308. The van der Waals surface area contributed by atoms with E-state index in [1.807, 2.05) is 26.0 Å². The molecule has 0 spiro atoms. The molecule has 0 saturated heterocycles. The van der Waals surface area contributed by atoms with Gasteiger partial charge in [0.05, 0.1) is 5.39 Å². The van der Waals surface area contributed by atoms with E-state index in [1.165, 1.54) is 6.07 Å². The van der Waals surface area contributed by atoms with Crippen molar-refractivity contribution in [1.82, 2.24) is 0 Å². The van der Waals surface area contributed by atoms with Crippen LogP contribution >= 0.6 is 12.4 Å². The first kappa shape index (κ1) is 13.7. The van der Waals surface area contributed by atoms with Gasteiger partial charge in [-0.05, 0) is 37.6 Å². The third kappa shape index (κ3) is 2.68. The molecule has 17 heavy (non-hydrogen) atoms. The van der Waals surface area contributed by atoms with Gasteiger partial charge in [-0.25, -0.2) is 0 Å². The molecular weight excluding hydrogens is 238 g/mol. The van der Waals surface area contributed by atoms with Gasteiger partial charge in [-0.3, -0.25) is 4.79 Å². The molecule has 3 nitrogen and oxygen atoms in total. The van der Waals surface area contributed by atoms with Gasteiger partial charge in [0.2, 0.25) is 0 Å². The topological polar surface area (TPSA) is 56.2 Å². The Balaban J connectivity index is 0.00000144. The van der Waals surface area contributed by atoms with Crippen molar-refractivity contribution in [2.45, 2.75) is 20.3 Å². The van der Waals surface area contributed by atoms with Gasteiger partial charge >= 0.3 is 0 Å². The minimum Gasteiger partial charge on any atom is -0.461 e. The molecule has 1 aromatic carbocycles. The second kappa shape index (κ2) is 5.34. The minimum absolute atomic E-state index is 0. The molecule has 2 rings (SSSR count). The molecule has 1 heterocycles. The van der Waals surface area contributed by atoms with Gasteiger partial charge in [0.1, 0.15) is 11.3 Å². The lowest BCUT2D eigenvalue weighted by Gasteiger charge is -2.05. The molecule has 0 aliphatic carbocycles. The molecule has 92 valence electrons. The molecule has 2 aromatic rings. The maximum Gasteiger partial charge on any atom is 0.193 e. The van der Waals surface area contributed by atoms with Crippen LogP contribution in [0.3, 0.4) is 0 Å². The summed E-state index contributed by atoms with van der Waals surface area (Å²) >= 11 is 0. The standard InChI is InChI=1S/C13H15NO2.ClH/c1-8-5-9(2)13-11(15)7-10(3-4-14)16-12(13)6-8;/h5-7H,3-4,14H2,1-2H3;1H. The Hall–Kier alpha value is -1.32. The van der Waals surface area contributed by atoms with E-state index >= 15 is 0 Å². The van der Waals surface area contributed by atoms with Gasteiger partial charge in [-0.15, -0.1) is 12.4 Å². The summed E-state index contributed by atoms with van der Waals surface area (Å²) < 4.78 is 5.66. The van der Waals surface area contributed by atoms with Crippen LogP contribution in [0.4, 0.5) is 0 Å². The van der Waals surface area contributed by atoms with E-state index in [1.54, 1.807) is 0 Å². The number of benzene rings is 1. The largest absolute Gasteiger partial charge is 0.461 e. The Kier molecular flexibility index (Phi) is 4.32. The zero-order chi connectivity index (χ0) is 11.7. The number of nitrogens with two attached hydrogens (primary N) is 1. The van der Waals surface area contributed by atoms with E-state index in [0.717, 1.165) is 11.1 Å². The maximum atomic E-state index is 11.9. The van der Waals surface area contributed by atoms with Gasteiger partial charge in [0.15, 0.2) is 5.43 Å². The summed E-state index contributed by atoms with van der Waals surface area (Å²) in [5, 5.41) is 0.673. The fourth-order valence-corrected chi connectivity index (χ4v) is 1.98. The van der Waals surface area contributed by atoms with E-state index in [9.17, 15) is 4.79 Å². The first-order valence-electron chi connectivity index (χ1n) is 5.36. The number of halogens is 1. The van der Waals surface area contributed by atoms with Crippen molar-refractivity contribution in [3.05, 3.63) is 45.3 Å². The van der Waals surface area contributed by atoms with Crippen LogP contribution < -0.4 is 11.2 Å². The summed E-state index contributed by atoms with van der Waals surface area (Å²) in [4.78, 5) is 11.9.